The number of benzene rings is 1. The molecule has 0 saturated heterocycles. The number of hydrogen-bond donors (Lipinski definition) is 1. The molecule has 0 saturated carbocycles. The largest absolute Gasteiger partial charge is 0.484 e. The second-order valence-corrected chi connectivity index (χ2v) is 6.41. The molecule has 3 rings (SSSR count). The van der Waals surface area contributed by atoms with E-state index in [2.05, 4.69) is 10.4 Å². The van der Waals surface area contributed by atoms with Crippen LogP contribution in [0.15, 0.2) is 60.2 Å². The minimum atomic E-state index is -0.148. The molecule has 6 heteroatoms. The minimum Gasteiger partial charge on any atom is -0.484 e. The maximum Gasteiger partial charge on any atom is 0.258 e. The van der Waals surface area contributed by atoms with Gasteiger partial charge in [-0.3, -0.25) is 9.48 Å². The summed E-state index contributed by atoms with van der Waals surface area (Å²) in [6, 6.07) is 13.6. The normalized spacial score (nSPS) is 11.9. The van der Waals surface area contributed by atoms with Crippen molar-refractivity contribution in [2.24, 2.45) is 0 Å². The Morgan fingerprint density at radius 2 is 2.25 bits per heavy atom. The van der Waals surface area contributed by atoms with E-state index in [1.807, 2.05) is 65.6 Å². The molecular weight excluding hydrogens is 322 g/mol. The number of carbonyl (C=O) groups is 1. The standard InChI is InChI=1S/C18H19N3O2S/c1-14-5-2-6-15(11-14)23-13-18(22)19-12-16(17-7-3-10-24-17)21-9-4-8-20-21/h2-11,16H,12-13H2,1H3,(H,19,22). The van der Waals surface area contributed by atoms with E-state index in [-0.39, 0.29) is 18.6 Å². The van der Waals surface area contributed by atoms with E-state index in [0.717, 1.165) is 10.4 Å². The summed E-state index contributed by atoms with van der Waals surface area (Å²) in [6.07, 6.45) is 3.64. The Kier molecular flexibility index (Phi) is 5.28. The summed E-state index contributed by atoms with van der Waals surface area (Å²) in [5.41, 5.74) is 1.10. The number of carbonyl (C=O) groups excluding carboxylic acids is 1. The van der Waals surface area contributed by atoms with E-state index in [9.17, 15) is 4.79 Å². The van der Waals surface area contributed by atoms with Gasteiger partial charge in [0.05, 0.1) is 0 Å². The molecule has 2 heterocycles. The molecule has 0 radical (unpaired) electrons. The molecule has 0 aliphatic heterocycles. The number of nitrogens with one attached hydrogen (secondary N) is 1. The Balaban J connectivity index is 1.56. The highest BCUT2D eigenvalue weighted by Crippen LogP contribution is 2.21. The van der Waals surface area contributed by atoms with Crippen molar-refractivity contribution in [1.82, 2.24) is 15.1 Å². The number of rotatable bonds is 7. The van der Waals surface area contributed by atoms with Crippen molar-refractivity contribution in [1.29, 1.82) is 0 Å². The minimum absolute atomic E-state index is 0.000277. The zero-order valence-electron chi connectivity index (χ0n) is 13.4. The van der Waals surface area contributed by atoms with Gasteiger partial charge < -0.3 is 10.1 Å². The molecule has 1 atom stereocenters. The fourth-order valence-corrected chi connectivity index (χ4v) is 3.21. The monoisotopic (exact) mass is 341 g/mol. The Morgan fingerprint density at radius 1 is 1.33 bits per heavy atom. The van der Waals surface area contributed by atoms with Crippen LogP contribution in [0.2, 0.25) is 0 Å². The Labute approximate surface area is 144 Å². The summed E-state index contributed by atoms with van der Waals surface area (Å²) in [5, 5.41) is 9.24. The van der Waals surface area contributed by atoms with Crippen molar-refractivity contribution in [3.8, 4) is 5.75 Å². The molecule has 0 aliphatic carbocycles. The second-order valence-electron chi connectivity index (χ2n) is 5.43. The lowest BCUT2D eigenvalue weighted by Gasteiger charge is -2.17. The summed E-state index contributed by atoms with van der Waals surface area (Å²) in [4.78, 5) is 13.2. The first-order valence-electron chi connectivity index (χ1n) is 7.71. The molecule has 1 unspecified atom stereocenters. The number of ether oxygens (including phenoxy) is 1. The lowest BCUT2D eigenvalue weighted by atomic mass is 10.2. The van der Waals surface area contributed by atoms with Crippen LogP contribution in [0.3, 0.4) is 0 Å². The third kappa shape index (κ3) is 4.23. The van der Waals surface area contributed by atoms with Crippen molar-refractivity contribution in [2.45, 2.75) is 13.0 Å². The zero-order chi connectivity index (χ0) is 16.8. The predicted octanol–water partition coefficient (Wildman–Crippen LogP) is 3.04. The first kappa shape index (κ1) is 16.3. The van der Waals surface area contributed by atoms with Gasteiger partial charge in [-0.05, 0) is 42.1 Å². The van der Waals surface area contributed by atoms with Crippen molar-refractivity contribution >= 4 is 17.2 Å². The van der Waals surface area contributed by atoms with Gasteiger partial charge in [-0.1, -0.05) is 18.2 Å². The van der Waals surface area contributed by atoms with Gasteiger partial charge in [-0.2, -0.15) is 5.10 Å². The van der Waals surface area contributed by atoms with Gasteiger partial charge in [0.2, 0.25) is 0 Å². The summed E-state index contributed by atoms with van der Waals surface area (Å²) in [7, 11) is 0. The van der Waals surface area contributed by atoms with Crippen LogP contribution >= 0.6 is 11.3 Å². The maximum atomic E-state index is 12.1. The molecule has 124 valence electrons. The molecule has 0 spiro atoms. The van der Waals surface area contributed by atoms with Crippen LogP contribution in [0, 0.1) is 6.92 Å². The summed E-state index contributed by atoms with van der Waals surface area (Å²) in [5.74, 6) is 0.553. The smallest absolute Gasteiger partial charge is 0.258 e. The van der Waals surface area contributed by atoms with Gasteiger partial charge in [0, 0.05) is 23.8 Å². The third-order valence-corrected chi connectivity index (χ3v) is 4.54. The molecule has 0 aliphatic rings. The van der Waals surface area contributed by atoms with Gasteiger partial charge in [-0.15, -0.1) is 11.3 Å². The zero-order valence-corrected chi connectivity index (χ0v) is 14.2. The van der Waals surface area contributed by atoms with Crippen LogP contribution in [0.25, 0.3) is 0 Å². The molecule has 3 aromatic rings. The fourth-order valence-electron chi connectivity index (χ4n) is 2.39. The van der Waals surface area contributed by atoms with Gasteiger partial charge >= 0.3 is 0 Å². The highest BCUT2D eigenvalue weighted by molar-refractivity contribution is 7.10. The van der Waals surface area contributed by atoms with Crippen molar-refractivity contribution in [2.75, 3.05) is 13.2 Å². The average molecular weight is 341 g/mol. The molecule has 1 aromatic carbocycles. The number of aromatic nitrogens is 2. The van der Waals surface area contributed by atoms with Crippen molar-refractivity contribution in [3.63, 3.8) is 0 Å². The molecular formula is C18H19N3O2S. The number of amides is 1. The van der Waals surface area contributed by atoms with Gasteiger partial charge in [0.15, 0.2) is 6.61 Å². The third-order valence-electron chi connectivity index (χ3n) is 3.57. The molecule has 5 nitrogen and oxygen atoms in total. The highest BCUT2D eigenvalue weighted by Gasteiger charge is 2.16. The van der Waals surface area contributed by atoms with E-state index in [1.165, 1.54) is 0 Å². The van der Waals surface area contributed by atoms with Crippen LogP contribution in [0.5, 0.6) is 5.75 Å². The van der Waals surface area contributed by atoms with Crippen molar-refractivity contribution < 1.29 is 9.53 Å². The van der Waals surface area contributed by atoms with E-state index in [0.29, 0.717) is 12.3 Å². The lowest BCUT2D eigenvalue weighted by Crippen LogP contribution is -2.34. The van der Waals surface area contributed by atoms with E-state index in [1.54, 1.807) is 17.5 Å². The van der Waals surface area contributed by atoms with E-state index < -0.39 is 0 Å². The first-order valence-corrected chi connectivity index (χ1v) is 8.59. The molecule has 1 N–H and O–H groups in total. The van der Waals surface area contributed by atoms with Crippen LogP contribution < -0.4 is 10.1 Å². The molecule has 0 bridgehead atoms. The van der Waals surface area contributed by atoms with Gasteiger partial charge in [0.1, 0.15) is 11.8 Å². The number of hydrogen-bond acceptors (Lipinski definition) is 4. The Bertz CT molecular complexity index is 735. The quantitative estimate of drug-likeness (QED) is 0.719. The maximum absolute atomic E-state index is 12.1. The molecule has 24 heavy (non-hydrogen) atoms. The highest BCUT2D eigenvalue weighted by atomic mass is 32.1. The first-order chi connectivity index (χ1) is 11.7. The van der Waals surface area contributed by atoms with Gasteiger partial charge in [-0.25, -0.2) is 0 Å². The van der Waals surface area contributed by atoms with E-state index in [4.69, 9.17) is 4.74 Å². The SMILES string of the molecule is Cc1cccc(OCC(=O)NCC(c2cccs2)n2cccn2)c1. The predicted molar refractivity (Wildman–Crippen MR) is 94.4 cm³/mol. The number of thiophene rings is 1. The molecule has 1 amide bonds. The number of aryl methyl sites for hydroxylation is 1. The number of nitrogens with zero attached hydrogens (tertiary/aromatic N) is 2. The second kappa shape index (κ2) is 7.79. The summed E-state index contributed by atoms with van der Waals surface area (Å²) >= 11 is 1.65. The molecule has 2 aromatic heterocycles. The Morgan fingerprint density at radius 3 is 2.96 bits per heavy atom. The van der Waals surface area contributed by atoms with Crippen LogP contribution in [0.1, 0.15) is 16.5 Å². The van der Waals surface area contributed by atoms with Gasteiger partial charge in [0.25, 0.3) is 5.91 Å². The topological polar surface area (TPSA) is 56.1 Å². The van der Waals surface area contributed by atoms with Crippen molar-refractivity contribution in [3.05, 3.63) is 70.7 Å². The van der Waals surface area contributed by atoms with Crippen LogP contribution in [0.4, 0.5) is 0 Å². The fraction of sp³-hybridized carbons (Fsp3) is 0.222. The Hall–Kier alpha value is -2.60. The average Bonchev–Trinajstić information content (AvgIpc) is 3.27. The molecule has 0 fully saturated rings. The lowest BCUT2D eigenvalue weighted by molar-refractivity contribution is -0.123. The van der Waals surface area contributed by atoms with E-state index >= 15 is 0 Å². The summed E-state index contributed by atoms with van der Waals surface area (Å²) in [6.45, 7) is 2.46. The van der Waals surface area contributed by atoms with Crippen LogP contribution in [-0.4, -0.2) is 28.8 Å². The van der Waals surface area contributed by atoms with Crippen LogP contribution in [-0.2, 0) is 4.79 Å². The summed E-state index contributed by atoms with van der Waals surface area (Å²) < 4.78 is 7.39.